The van der Waals surface area contributed by atoms with Gasteiger partial charge < -0.3 is 0 Å². The average molecular weight is 205 g/mol. The van der Waals surface area contributed by atoms with Crippen LogP contribution in [-0.2, 0) is 14.8 Å². The van der Waals surface area contributed by atoms with Crippen molar-refractivity contribution >= 4 is 15.8 Å². The van der Waals surface area contributed by atoms with Crippen LogP contribution in [0.2, 0.25) is 0 Å². The van der Waals surface area contributed by atoms with Crippen LogP contribution in [0, 0.1) is 0 Å². The normalized spacial score (nSPS) is 26.5. The number of hydrogen-bond acceptors (Lipinski definition) is 3. The Balaban J connectivity index is 3.20. The second kappa shape index (κ2) is 3.06. The maximum Gasteiger partial charge on any atom is 0.221 e. The molecule has 76 valence electrons. The van der Waals surface area contributed by atoms with Gasteiger partial charge in [-0.2, -0.15) is 4.31 Å². The lowest BCUT2D eigenvalue weighted by Crippen LogP contribution is -2.46. The Morgan fingerprint density at radius 1 is 1.38 bits per heavy atom. The van der Waals surface area contributed by atoms with Gasteiger partial charge in [0.1, 0.15) is 5.75 Å². The quantitative estimate of drug-likeness (QED) is 0.655. The summed E-state index contributed by atoms with van der Waals surface area (Å²) in [6.45, 7) is 3.69. The van der Waals surface area contributed by atoms with E-state index in [0.29, 0.717) is 12.8 Å². The summed E-state index contributed by atoms with van der Waals surface area (Å²) in [5.41, 5.74) is -0.765. The molecule has 1 heterocycles. The molecule has 1 saturated heterocycles. The highest BCUT2D eigenvalue weighted by molar-refractivity contribution is 7.90. The molecule has 0 bridgehead atoms. The summed E-state index contributed by atoms with van der Waals surface area (Å²) < 4.78 is 24.1. The van der Waals surface area contributed by atoms with E-state index in [1.54, 1.807) is 0 Å². The van der Waals surface area contributed by atoms with Crippen molar-refractivity contribution in [2.45, 2.75) is 32.2 Å². The molecule has 0 atom stereocenters. The van der Waals surface area contributed by atoms with Crippen molar-refractivity contribution in [1.29, 1.82) is 0 Å². The number of ketones is 1. The van der Waals surface area contributed by atoms with Gasteiger partial charge in [-0.15, -0.1) is 0 Å². The topological polar surface area (TPSA) is 54.5 Å². The first kappa shape index (κ1) is 10.7. The molecule has 0 spiro atoms. The van der Waals surface area contributed by atoms with Gasteiger partial charge in [-0.25, -0.2) is 8.42 Å². The Bertz CT molecular complexity index is 316. The van der Waals surface area contributed by atoms with Crippen LogP contribution in [0.15, 0.2) is 0 Å². The minimum atomic E-state index is -3.32. The highest BCUT2D eigenvalue weighted by Crippen LogP contribution is 2.32. The van der Waals surface area contributed by atoms with Gasteiger partial charge >= 0.3 is 0 Å². The molecule has 1 rings (SSSR count). The minimum Gasteiger partial charge on any atom is -0.296 e. The summed E-state index contributed by atoms with van der Waals surface area (Å²) >= 11 is 0. The highest BCUT2D eigenvalue weighted by atomic mass is 32.2. The predicted octanol–water partition coefficient (Wildman–Crippen LogP) is 0.390. The fraction of sp³-hybridized carbons (Fsp3) is 0.875. The van der Waals surface area contributed by atoms with Crippen LogP contribution in [0.3, 0.4) is 0 Å². The van der Waals surface area contributed by atoms with Crippen molar-refractivity contribution in [3.8, 4) is 0 Å². The third-order valence-corrected chi connectivity index (χ3v) is 4.83. The molecule has 0 saturated carbocycles. The van der Waals surface area contributed by atoms with Gasteiger partial charge in [-0.05, 0) is 12.8 Å². The number of nitrogens with zero attached hydrogens (tertiary/aromatic N) is 1. The second-order valence-corrected chi connectivity index (χ2v) is 5.39. The monoisotopic (exact) mass is 205 g/mol. The Labute approximate surface area is 79.0 Å². The van der Waals surface area contributed by atoms with Gasteiger partial charge in [-0.3, -0.25) is 4.79 Å². The van der Waals surface area contributed by atoms with Gasteiger partial charge in [0.15, 0.2) is 5.78 Å². The van der Waals surface area contributed by atoms with Crippen LogP contribution >= 0.6 is 0 Å². The van der Waals surface area contributed by atoms with Crippen LogP contribution in [0.25, 0.3) is 0 Å². The fourth-order valence-electron chi connectivity index (χ4n) is 1.93. The van der Waals surface area contributed by atoms with Gasteiger partial charge in [0.2, 0.25) is 10.0 Å². The first-order valence-electron chi connectivity index (χ1n) is 4.40. The van der Waals surface area contributed by atoms with Crippen molar-refractivity contribution in [3.63, 3.8) is 0 Å². The van der Waals surface area contributed by atoms with E-state index in [2.05, 4.69) is 0 Å². The summed E-state index contributed by atoms with van der Waals surface area (Å²) in [5.74, 6) is -0.495. The Hall–Kier alpha value is -0.420. The molecule has 0 aromatic rings. The molecule has 1 fully saturated rings. The van der Waals surface area contributed by atoms with Crippen molar-refractivity contribution < 1.29 is 13.2 Å². The van der Waals surface area contributed by atoms with Gasteiger partial charge in [0.05, 0.1) is 5.54 Å². The highest BCUT2D eigenvalue weighted by Gasteiger charge is 2.51. The van der Waals surface area contributed by atoms with E-state index in [-0.39, 0.29) is 11.5 Å². The van der Waals surface area contributed by atoms with Crippen LogP contribution in [0.1, 0.15) is 26.7 Å². The molecule has 0 radical (unpaired) electrons. The Morgan fingerprint density at radius 2 is 1.85 bits per heavy atom. The maximum atomic E-state index is 11.6. The summed E-state index contributed by atoms with van der Waals surface area (Å²) in [5, 5.41) is 0. The smallest absolute Gasteiger partial charge is 0.221 e. The van der Waals surface area contributed by atoms with Gasteiger partial charge in [0, 0.05) is 7.05 Å². The summed E-state index contributed by atoms with van der Waals surface area (Å²) in [4.78, 5) is 11.6. The van der Waals surface area contributed by atoms with E-state index in [9.17, 15) is 13.2 Å². The zero-order valence-electron chi connectivity index (χ0n) is 8.20. The lowest BCUT2D eigenvalue weighted by atomic mass is 9.89. The maximum absolute atomic E-state index is 11.6. The number of carbonyl (C=O) groups excluding carboxylic acids is 1. The number of Topliss-reactive ketones (excluding diaryl/α,β-unsaturated/α-hetero) is 1. The Kier molecular flexibility index (Phi) is 2.51. The molecule has 0 aromatic carbocycles. The van der Waals surface area contributed by atoms with E-state index < -0.39 is 15.6 Å². The minimum absolute atomic E-state index is 0.167. The second-order valence-electron chi connectivity index (χ2n) is 3.39. The molecule has 0 N–H and O–H groups in total. The van der Waals surface area contributed by atoms with Crippen molar-refractivity contribution in [3.05, 3.63) is 0 Å². The van der Waals surface area contributed by atoms with E-state index in [1.807, 2.05) is 13.8 Å². The Morgan fingerprint density at radius 3 is 2.00 bits per heavy atom. The number of likely N-dealkylation sites (N-methyl/N-ethyl adjacent to an activating group) is 1. The molecular weight excluding hydrogens is 190 g/mol. The van der Waals surface area contributed by atoms with Gasteiger partial charge in [-0.1, -0.05) is 13.8 Å². The van der Waals surface area contributed by atoms with E-state index in [1.165, 1.54) is 11.4 Å². The third kappa shape index (κ3) is 1.30. The van der Waals surface area contributed by atoms with E-state index in [0.717, 1.165) is 0 Å². The zero-order valence-corrected chi connectivity index (χ0v) is 9.02. The van der Waals surface area contributed by atoms with Crippen LogP contribution in [0.4, 0.5) is 0 Å². The summed E-state index contributed by atoms with van der Waals surface area (Å²) in [6, 6.07) is 0. The molecule has 5 heteroatoms. The first-order valence-corrected chi connectivity index (χ1v) is 6.01. The standard InChI is InChI=1S/C8H15NO3S/c1-4-8(5-2)7(10)6-13(11,12)9(8)3/h4-6H2,1-3H3. The predicted molar refractivity (Wildman–Crippen MR) is 49.9 cm³/mol. The number of hydrogen-bond donors (Lipinski definition) is 0. The number of rotatable bonds is 2. The molecule has 0 unspecified atom stereocenters. The van der Waals surface area contributed by atoms with E-state index >= 15 is 0 Å². The van der Waals surface area contributed by atoms with Crippen molar-refractivity contribution in [2.75, 3.05) is 12.8 Å². The lowest BCUT2D eigenvalue weighted by molar-refractivity contribution is -0.124. The molecule has 1 aliphatic heterocycles. The fourth-order valence-corrected chi connectivity index (χ4v) is 3.61. The van der Waals surface area contributed by atoms with E-state index in [4.69, 9.17) is 0 Å². The van der Waals surface area contributed by atoms with Gasteiger partial charge in [0.25, 0.3) is 0 Å². The van der Waals surface area contributed by atoms with Crippen LogP contribution < -0.4 is 0 Å². The first-order chi connectivity index (χ1) is 5.90. The molecule has 0 aromatic heterocycles. The summed E-state index contributed by atoms with van der Waals surface area (Å²) in [7, 11) is -1.83. The number of carbonyl (C=O) groups is 1. The molecule has 0 amide bonds. The molecule has 1 aliphatic rings. The molecule has 13 heavy (non-hydrogen) atoms. The SMILES string of the molecule is CCC1(CC)C(=O)CS(=O)(=O)N1C. The van der Waals surface area contributed by atoms with Crippen molar-refractivity contribution in [1.82, 2.24) is 4.31 Å². The van der Waals surface area contributed by atoms with Crippen LogP contribution in [-0.4, -0.2) is 36.8 Å². The number of sulfonamides is 1. The summed E-state index contributed by atoms with van der Waals surface area (Å²) in [6.07, 6.45) is 1.11. The molecule has 0 aliphatic carbocycles. The lowest BCUT2D eigenvalue weighted by Gasteiger charge is -2.30. The molecular formula is C8H15NO3S. The molecule has 4 nitrogen and oxygen atoms in total. The average Bonchev–Trinajstić information content (AvgIpc) is 2.22. The van der Waals surface area contributed by atoms with Crippen LogP contribution in [0.5, 0.6) is 0 Å². The zero-order chi connectivity index (χ0) is 10.3. The third-order valence-electron chi connectivity index (χ3n) is 3.02. The van der Waals surface area contributed by atoms with Crippen molar-refractivity contribution in [2.24, 2.45) is 0 Å². The largest absolute Gasteiger partial charge is 0.296 e.